The Kier molecular flexibility index (Phi) is 4.46. The molecule has 0 saturated carbocycles. The third-order valence-electron chi connectivity index (χ3n) is 3.27. The lowest BCUT2D eigenvalue weighted by molar-refractivity contribution is 0.376. The van der Waals surface area contributed by atoms with Crippen LogP contribution in [-0.2, 0) is 6.42 Å². The molecule has 18 heavy (non-hydrogen) atoms. The first-order chi connectivity index (χ1) is 8.53. The van der Waals surface area contributed by atoms with Gasteiger partial charge < -0.3 is 9.74 Å². The largest absolute Gasteiger partial charge is 0.544 e. The molecule has 1 unspecified atom stereocenters. The Morgan fingerprint density at radius 2 is 1.94 bits per heavy atom. The van der Waals surface area contributed by atoms with Gasteiger partial charge in [0.25, 0.3) is 0 Å². The molecule has 0 spiro atoms. The number of benzene rings is 1. The van der Waals surface area contributed by atoms with E-state index in [-0.39, 0.29) is 0 Å². The highest BCUT2D eigenvalue weighted by Crippen LogP contribution is 2.20. The molecule has 1 aromatic carbocycles. The Labute approximate surface area is 112 Å². The number of hydrogen-bond acceptors (Lipinski definition) is 2. The van der Waals surface area contributed by atoms with E-state index in [2.05, 4.69) is 49.2 Å². The van der Waals surface area contributed by atoms with Crippen molar-refractivity contribution in [1.29, 1.82) is 0 Å². The van der Waals surface area contributed by atoms with Crippen LogP contribution in [0.5, 0.6) is 5.75 Å². The lowest BCUT2D eigenvalue weighted by Crippen LogP contribution is -2.30. The number of nitrogens with one attached hydrogen (secondary N) is 1. The molecule has 1 aliphatic heterocycles. The van der Waals surface area contributed by atoms with Crippen LogP contribution in [0.15, 0.2) is 24.3 Å². The SMILES string of the molecule is C[Si](C)(C)Oc1ccc(CC2CCCNC2)cc1. The summed E-state index contributed by atoms with van der Waals surface area (Å²) in [5.74, 6) is 1.84. The normalized spacial score (nSPS) is 20.7. The average molecular weight is 263 g/mol. The van der Waals surface area contributed by atoms with Gasteiger partial charge in [0.2, 0.25) is 8.32 Å². The van der Waals surface area contributed by atoms with Crippen molar-refractivity contribution in [2.24, 2.45) is 5.92 Å². The third kappa shape index (κ3) is 4.46. The zero-order chi connectivity index (χ0) is 13.0. The maximum atomic E-state index is 5.97. The van der Waals surface area contributed by atoms with E-state index in [9.17, 15) is 0 Å². The second-order valence-corrected chi connectivity index (χ2v) is 10.7. The topological polar surface area (TPSA) is 21.3 Å². The second kappa shape index (κ2) is 5.89. The molecule has 0 bridgehead atoms. The molecule has 0 radical (unpaired) electrons. The van der Waals surface area contributed by atoms with Crippen LogP contribution in [-0.4, -0.2) is 21.4 Å². The lowest BCUT2D eigenvalue weighted by atomic mass is 9.92. The Hall–Kier alpha value is -0.803. The van der Waals surface area contributed by atoms with Crippen LogP contribution in [0.2, 0.25) is 19.6 Å². The van der Waals surface area contributed by atoms with Gasteiger partial charge in [0.05, 0.1) is 0 Å². The summed E-state index contributed by atoms with van der Waals surface area (Å²) in [5, 5.41) is 3.48. The van der Waals surface area contributed by atoms with E-state index in [4.69, 9.17) is 4.43 Å². The van der Waals surface area contributed by atoms with Gasteiger partial charge in [-0.15, -0.1) is 0 Å². The van der Waals surface area contributed by atoms with Crippen LogP contribution in [0.3, 0.4) is 0 Å². The maximum Gasteiger partial charge on any atom is 0.242 e. The fourth-order valence-electron chi connectivity index (χ4n) is 2.48. The molecule has 0 aliphatic carbocycles. The van der Waals surface area contributed by atoms with Gasteiger partial charge in [-0.25, -0.2) is 0 Å². The molecular weight excluding hydrogens is 238 g/mol. The third-order valence-corrected chi connectivity index (χ3v) is 4.12. The highest BCUT2D eigenvalue weighted by molar-refractivity contribution is 6.70. The molecule has 0 amide bonds. The standard InChI is InChI=1S/C15H25NOSi/c1-18(2,3)17-15-8-6-13(7-9-15)11-14-5-4-10-16-12-14/h6-9,14,16H,4-5,10-12H2,1-3H3. The second-order valence-electron chi connectivity index (χ2n) is 6.27. The van der Waals surface area contributed by atoms with E-state index in [1.807, 2.05) is 0 Å². The molecule has 1 aromatic rings. The molecule has 1 saturated heterocycles. The fraction of sp³-hybridized carbons (Fsp3) is 0.600. The maximum absolute atomic E-state index is 5.97. The van der Waals surface area contributed by atoms with Crippen molar-refractivity contribution in [2.45, 2.75) is 38.9 Å². The first kappa shape index (κ1) is 13.6. The van der Waals surface area contributed by atoms with Crippen LogP contribution >= 0.6 is 0 Å². The summed E-state index contributed by atoms with van der Waals surface area (Å²) in [6.07, 6.45) is 3.88. The Morgan fingerprint density at radius 3 is 2.50 bits per heavy atom. The predicted octanol–water partition coefficient (Wildman–Crippen LogP) is 3.44. The van der Waals surface area contributed by atoms with Crippen LogP contribution in [0.1, 0.15) is 18.4 Å². The molecule has 1 aliphatic rings. The van der Waals surface area contributed by atoms with Gasteiger partial charge >= 0.3 is 0 Å². The molecule has 1 N–H and O–H groups in total. The fourth-order valence-corrected chi connectivity index (χ4v) is 3.32. The molecular formula is C15H25NOSi. The van der Waals surface area contributed by atoms with Crippen molar-refractivity contribution in [3.8, 4) is 5.75 Å². The van der Waals surface area contributed by atoms with Gasteiger partial charge in [0, 0.05) is 0 Å². The molecule has 2 rings (SSSR count). The number of rotatable bonds is 4. The first-order valence-corrected chi connectivity index (χ1v) is 10.4. The molecule has 3 heteroatoms. The van der Waals surface area contributed by atoms with E-state index < -0.39 is 8.32 Å². The minimum Gasteiger partial charge on any atom is -0.544 e. The van der Waals surface area contributed by atoms with Crippen LogP contribution in [0, 0.1) is 5.92 Å². The minimum atomic E-state index is -1.47. The highest BCUT2D eigenvalue weighted by atomic mass is 28.4. The summed E-state index contributed by atoms with van der Waals surface area (Å²) in [6.45, 7) is 9.02. The van der Waals surface area contributed by atoms with E-state index in [0.29, 0.717) is 0 Å². The van der Waals surface area contributed by atoms with E-state index >= 15 is 0 Å². The summed E-state index contributed by atoms with van der Waals surface area (Å²) in [4.78, 5) is 0. The molecule has 0 aromatic heterocycles. The lowest BCUT2D eigenvalue weighted by Gasteiger charge is -2.23. The summed E-state index contributed by atoms with van der Waals surface area (Å²) >= 11 is 0. The highest BCUT2D eigenvalue weighted by Gasteiger charge is 2.16. The minimum absolute atomic E-state index is 0.808. The number of piperidine rings is 1. The van der Waals surface area contributed by atoms with Crippen molar-refractivity contribution in [3.63, 3.8) is 0 Å². The van der Waals surface area contributed by atoms with Crippen molar-refractivity contribution in [1.82, 2.24) is 5.32 Å². The molecule has 1 atom stereocenters. The quantitative estimate of drug-likeness (QED) is 0.840. The van der Waals surface area contributed by atoms with Crippen LogP contribution in [0.4, 0.5) is 0 Å². The van der Waals surface area contributed by atoms with E-state index in [1.165, 1.54) is 37.9 Å². The Balaban J connectivity index is 1.90. The van der Waals surface area contributed by atoms with Gasteiger partial charge in [-0.05, 0) is 75.6 Å². The summed E-state index contributed by atoms with van der Waals surface area (Å²) in [7, 11) is -1.47. The zero-order valence-corrected chi connectivity index (χ0v) is 12.8. The molecule has 100 valence electrons. The van der Waals surface area contributed by atoms with Gasteiger partial charge in [-0.1, -0.05) is 12.1 Å². The number of hydrogen-bond donors (Lipinski definition) is 1. The Morgan fingerprint density at radius 1 is 1.22 bits per heavy atom. The summed E-state index contributed by atoms with van der Waals surface area (Å²) in [6, 6.07) is 8.71. The van der Waals surface area contributed by atoms with Crippen LogP contribution < -0.4 is 9.74 Å². The van der Waals surface area contributed by atoms with Crippen molar-refractivity contribution < 1.29 is 4.43 Å². The van der Waals surface area contributed by atoms with Gasteiger partial charge in [0.15, 0.2) is 0 Å². The van der Waals surface area contributed by atoms with Gasteiger partial charge in [-0.2, -0.15) is 0 Å². The van der Waals surface area contributed by atoms with Crippen molar-refractivity contribution >= 4 is 8.32 Å². The van der Waals surface area contributed by atoms with E-state index in [0.717, 1.165) is 11.7 Å². The summed E-state index contributed by atoms with van der Waals surface area (Å²) < 4.78 is 5.97. The average Bonchev–Trinajstić information content (AvgIpc) is 2.31. The van der Waals surface area contributed by atoms with Gasteiger partial charge in [-0.3, -0.25) is 0 Å². The monoisotopic (exact) mass is 263 g/mol. The smallest absolute Gasteiger partial charge is 0.242 e. The first-order valence-electron chi connectivity index (χ1n) is 7.02. The van der Waals surface area contributed by atoms with E-state index in [1.54, 1.807) is 0 Å². The Bertz CT molecular complexity index is 363. The summed E-state index contributed by atoms with van der Waals surface area (Å²) in [5.41, 5.74) is 1.44. The zero-order valence-electron chi connectivity index (χ0n) is 11.8. The molecule has 1 heterocycles. The molecule has 2 nitrogen and oxygen atoms in total. The van der Waals surface area contributed by atoms with Gasteiger partial charge in [0.1, 0.15) is 5.75 Å². The van der Waals surface area contributed by atoms with Crippen molar-refractivity contribution in [3.05, 3.63) is 29.8 Å². The van der Waals surface area contributed by atoms with Crippen LogP contribution in [0.25, 0.3) is 0 Å². The predicted molar refractivity (Wildman–Crippen MR) is 79.7 cm³/mol. The van der Waals surface area contributed by atoms with Crippen molar-refractivity contribution in [2.75, 3.05) is 13.1 Å². The molecule has 1 fully saturated rings.